The molecule has 6 atom stereocenters. The maximum atomic E-state index is 11.3. The molecule has 0 radical (unpaired) electrons. The average Bonchev–Trinajstić information content (AvgIpc) is 2.91. The molecular formula is C21H32N2O2. The van der Waals surface area contributed by atoms with Crippen molar-refractivity contribution in [2.24, 2.45) is 39.5 Å². The van der Waals surface area contributed by atoms with E-state index in [1.54, 1.807) is 5.57 Å². The molecule has 0 heterocycles. The van der Waals surface area contributed by atoms with Gasteiger partial charge in [0.05, 0.1) is 0 Å². The van der Waals surface area contributed by atoms with Crippen LogP contribution in [0.25, 0.3) is 0 Å². The summed E-state index contributed by atoms with van der Waals surface area (Å²) < 4.78 is 5.53. The third kappa shape index (κ3) is 2.47. The summed E-state index contributed by atoms with van der Waals surface area (Å²) in [5.74, 6) is 7.83. The van der Waals surface area contributed by atoms with E-state index in [0.717, 1.165) is 43.4 Å². The van der Waals surface area contributed by atoms with E-state index in [1.165, 1.54) is 38.3 Å². The van der Waals surface area contributed by atoms with Crippen LogP contribution in [0.1, 0.15) is 72.1 Å². The number of nitrogens with two attached hydrogens (primary N) is 1. The largest absolute Gasteiger partial charge is 0.462 e. The number of allylic oxidation sites excluding steroid dienone is 1. The molecule has 4 aliphatic rings. The lowest BCUT2D eigenvalue weighted by atomic mass is 9.48. The lowest BCUT2D eigenvalue weighted by molar-refractivity contribution is -0.148. The van der Waals surface area contributed by atoms with Gasteiger partial charge in [0.2, 0.25) is 0 Å². The summed E-state index contributed by atoms with van der Waals surface area (Å²) in [6.45, 7) is 6.42. The Balaban J connectivity index is 1.60. The summed E-state index contributed by atoms with van der Waals surface area (Å²) in [4.78, 5) is 11.3. The minimum Gasteiger partial charge on any atom is -0.462 e. The van der Waals surface area contributed by atoms with Crippen molar-refractivity contribution in [2.75, 3.05) is 0 Å². The number of carbonyl (C=O) groups is 1. The van der Waals surface area contributed by atoms with Crippen LogP contribution in [0.15, 0.2) is 16.8 Å². The molecular weight excluding hydrogens is 312 g/mol. The molecule has 25 heavy (non-hydrogen) atoms. The van der Waals surface area contributed by atoms with Gasteiger partial charge >= 0.3 is 5.97 Å². The van der Waals surface area contributed by atoms with Gasteiger partial charge in [-0.3, -0.25) is 4.79 Å². The molecule has 0 aromatic heterocycles. The van der Waals surface area contributed by atoms with Crippen molar-refractivity contribution in [3.05, 3.63) is 11.6 Å². The molecule has 4 aliphatic carbocycles. The molecule has 0 saturated heterocycles. The molecule has 0 aromatic rings. The van der Waals surface area contributed by atoms with Gasteiger partial charge in [-0.1, -0.05) is 25.5 Å². The fourth-order valence-electron chi connectivity index (χ4n) is 6.96. The normalized spacial score (nSPS) is 47.5. The Bertz CT molecular complexity index is 640. The van der Waals surface area contributed by atoms with Crippen molar-refractivity contribution in [3.8, 4) is 0 Å². The first-order valence-electron chi connectivity index (χ1n) is 10.0. The summed E-state index contributed by atoms with van der Waals surface area (Å²) in [7, 11) is 0. The second kappa shape index (κ2) is 5.85. The average molecular weight is 344 g/mol. The highest BCUT2D eigenvalue weighted by atomic mass is 16.5. The Labute approximate surface area is 151 Å². The number of hydrazone groups is 1. The Morgan fingerprint density at radius 2 is 1.92 bits per heavy atom. The van der Waals surface area contributed by atoms with E-state index in [0.29, 0.717) is 5.41 Å². The molecule has 4 heteroatoms. The van der Waals surface area contributed by atoms with Crippen LogP contribution in [0, 0.1) is 28.6 Å². The van der Waals surface area contributed by atoms with Crippen LogP contribution in [0.4, 0.5) is 0 Å². The molecule has 0 amide bonds. The summed E-state index contributed by atoms with van der Waals surface area (Å²) in [5.41, 5.74) is 3.34. The number of hydrogen-bond donors (Lipinski definition) is 1. The first kappa shape index (κ1) is 17.1. The number of ether oxygens (including phenoxy) is 1. The minimum atomic E-state index is -0.143. The molecule has 4 nitrogen and oxygen atoms in total. The molecule has 4 rings (SSSR count). The molecule has 0 spiro atoms. The fraction of sp³-hybridized carbons (Fsp3) is 0.810. The summed E-state index contributed by atoms with van der Waals surface area (Å²) in [5, 5.41) is 4.17. The Hall–Kier alpha value is -1.32. The van der Waals surface area contributed by atoms with Crippen molar-refractivity contribution in [1.29, 1.82) is 0 Å². The molecule has 3 fully saturated rings. The van der Waals surface area contributed by atoms with E-state index in [2.05, 4.69) is 25.0 Å². The number of hydrogen-bond acceptors (Lipinski definition) is 4. The van der Waals surface area contributed by atoms with Gasteiger partial charge in [-0.05, 0) is 68.1 Å². The lowest BCUT2D eigenvalue weighted by Gasteiger charge is -2.57. The zero-order valence-electron chi connectivity index (χ0n) is 15.9. The highest BCUT2D eigenvalue weighted by molar-refractivity contribution is 5.92. The van der Waals surface area contributed by atoms with Crippen molar-refractivity contribution in [1.82, 2.24) is 0 Å². The molecule has 0 bridgehead atoms. The number of esters is 1. The van der Waals surface area contributed by atoms with Gasteiger partial charge in [-0.15, -0.1) is 0 Å². The minimum absolute atomic E-state index is 0.0877. The van der Waals surface area contributed by atoms with E-state index >= 15 is 0 Å². The standard InChI is InChI=1S/C21H32N2O2/c1-13(24)25-15-8-10-20(2)14(12-15)4-5-16-17-6-7-19(23-22)21(17,3)11-9-18(16)20/h4,15-18H,5-12,22H2,1-3H3/b23-19+/t15-,16?,17?,18?,20-,21-/m0/s1. The van der Waals surface area contributed by atoms with Crippen LogP contribution in [0.5, 0.6) is 0 Å². The second-order valence-electron chi connectivity index (χ2n) is 9.30. The molecule has 138 valence electrons. The Kier molecular flexibility index (Phi) is 4.01. The SMILES string of the molecule is CC(=O)O[C@H]1CC[C@@]2(C)C(=CCC3C2CC[C@]2(C)/C(=N/N)CCC32)C1. The van der Waals surface area contributed by atoms with Crippen LogP contribution in [-0.4, -0.2) is 17.8 Å². The predicted molar refractivity (Wildman–Crippen MR) is 98.9 cm³/mol. The smallest absolute Gasteiger partial charge is 0.302 e. The third-order valence-electron chi connectivity index (χ3n) is 8.29. The Morgan fingerprint density at radius 1 is 1.20 bits per heavy atom. The fourth-order valence-corrected chi connectivity index (χ4v) is 6.96. The highest BCUT2D eigenvalue weighted by Crippen LogP contribution is 2.64. The molecule has 3 unspecified atom stereocenters. The third-order valence-corrected chi connectivity index (χ3v) is 8.29. The van der Waals surface area contributed by atoms with Crippen molar-refractivity contribution < 1.29 is 9.53 Å². The number of fused-ring (bicyclic) bond motifs is 5. The van der Waals surface area contributed by atoms with E-state index in [4.69, 9.17) is 10.6 Å². The molecule has 3 saturated carbocycles. The van der Waals surface area contributed by atoms with Crippen LogP contribution in [0.3, 0.4) is 0 Å². The number of rotatable bonds is 1. The van der Waals surface area contributed by atoms with Gasteiger partial charge in [0.25, 0.3) is 0 Å². The molecule has 0 aromatic carbocycles. The monoisotopic (exact) mass is 344 g/mol. The van der Waals surface area contributed by atoms with Gasteiger partial charge in [0.15, 0.2) is 0 Å². The van der Waals surface area contributed by atoms with Crippen LogP contribution >= 0.6 is 0 Å². The quantitative estimate of drug-likeness (QED) is 0.336. The van der Waals surface area contributed by atoms with E-state index in [1.807, 2.05) is 0 Å². The maximum absolute atomic E-state index is 11.3. The topological polar surface area (TPSA) is 64.7 Å². The highest BCUT2D eigenvalue weighted by Gasteiger charge is 2.57. The van der Waals surface area contributed by atoms with Crippen molar-refractivity contribution in [3.63, 3.8) is 0 Å². The van der Waals surface area contributed by atoms with Crippen molar-refractivity contribution >= 4 is 11.7 Å². The number of carbonyl (C=O) groups excluding carboxylic acids is 1. The van der Waals surface area contributed by atoms with Crippen LogP contribution < -0.4 is 5.84 Å². The van der Waals surface area contributed by atoms with Crippen molar-refractivity contribution in [2.45, 2.75) is 78.2 Å². The van der Waals surface area contributed by atoms with E-state index in [9.17, 15) is 4.79 Å². The first-order chi connectivity index (χ1) is 11.9. The van der Waals surface area contributed by atoms with Crippen LogP contribution in [-0.2, 0) is 9.53 Å². The molecule has 0 aliphatic heterocycles. The first-order valence-corrected chi connectivity index (χ1v) is 10.0. The van der Waals surface area contributed by atoms with Crippen LogP contribution in [0.2, 0.25) is 0 Å². The summed E-state index contributed by atoms with van der Waals surface area (Å²) >= 11 is 0. The maximum Gasteiger partial charge on any atom is 0.302 e. The number of nitrogens with zero attached hydrogens (tertiary/aromatic N) is 1. The van der Waals surface area contributed by atoms with Gasteiger partial charge in [-0.25, -0.2) is 0 Å². The summed E-state index contributed by atoms with van der Waals surface area (Å²) in [6, 6.07) is 0. The molecule has 2 N–H and O–H groups in total. The summed E-state index contributed by atoms with van der Waals surface area (Å²) in [6.07, 6.45) is 11.7. The van der Waals surface area contributed by atoms with Gasteiger partial charge < -0.3 is 10.6 Å². The van der Waals surface area contributed by atoms with E-state index in [-0.39, 0.29) is 17.5 Å². The zero-order chi connectivity index (χ0) is 17.8. The Morgan fingerprint density at radius 3 is 2.64 bits per heavy atom. The van der Waals surface area contributed by atoms with Gasteiger partial charge in [-0.2, -0.15) is 5.10 Å². The van der Waals surface area contributed by atoms with Gasteiger partial charge in [0.1, 0.15) is 6.10 Å². The van der Waals surface area contributed by atoms with Gasteiger partial charge in [0, 0.05) is 24.5 Å². The predicted octanol–water partition coefficient (Wildman–Crippen LogP) is 4.20. The lowest BCUT2D eigenvalue weighted by Crippen LogP contribution is -2.50. The zero-order valence-corrected chi connectivity index (χ0v) is 15.9. The van der Waals surface area contributed by atoms with E-state index < -0.39 is 0 Å². The second-order valence-corrected chi connectivity index (χ2v) is 9.30.